The van der Waals surface area contributed by atoms with Gasteiger partial charge in [0.2, 0.25) is 0 Å². The second kappa shape index (κ2) is 6.72. The molecule has 0 aliphatic heterocycles. The highest BCUT2D eigenvalue weighted by Gasteiger charge is 2.18. The minimum atomic E-state index is -0.204. The molecule has 0 aliphatic carbocycles. The Balaban J connectivity index is 2.50. The normalized spacial score (nSPS) is 12.2. The summed E-state index contributed by atoms with van der Waals surface area (Å²) in [5.74, 6) is 0.632. The highest BCUT2D eigenvalue weighted by molar-refractivity contribution is 5.43. The lowest BCUT2D eigenvalue weighted by molar-refractivity contribution is 0.414. The maximum absolute atomic E-state index is 13.6. The summed E-state index contributed by atoms with van der Waals surface area (Å²) < 4.78 is 18.9. The minimum absolute atomic E-state index is 0.0170. The van der Waals surface area contributed by atoms with Crippen LogP contribution in [0.2, 0.25) is 0 Å². The summed E-state index contributed by atoms with van der Waals surface area (Å²) in [4.78, 5) is 0. The number of rotatable bonds is 5. The van der Waals surface area contributed by atoms with Gasteiger partial charge in [0.25, 0.3) is 0 Å². The van der Waals surface area contributed by atoms with Gasteiger partial charge in [0.1, 0.15) is 11.6 Å². The smallest absolute Gasteiger partial charge is 0.123 e. The lowest BCUT2D eigenvalue weighted by atomic mass is 9.92. The van der Waals surface area contributed by atoms with Crippen molar-refractivity contribution in [3.63, 3.8) is 0 Å². The summed E-state index contributed by atoms with van der Waals surface area (Å²) in [6.45, 7) is 6.93. The van der Waals surface area contributed by atoms with Crippen LogP contribution in [0.3, 0.4) is 0 Å². The summed E-state index contributed by atoms with van der Waals surface area (Å²) in [6, 6.07) is 10.9. The van der Waals surface area contributed by atoms with Crippen LogP contribution in [0.4, 0.5) is 4.39 Å². The van der Waals surface area contributed by atoms with Gasteiger partial charge in [-0.3, -0.25) is 0 Å². The molecule has 0 radical (unpaired) electrons. The quantitative estimate of drug-likeness (QED) is 0.892. The average molecular weight is 287 g/mol. The largest absolute Gasteiger partial charge is 0.497 e. The Hall–Kier alpha value is -1.87. The Bertz CT molecular complexity index is 625. The average Bonchev–Trinajstić information content (AvgIpc) is 2.48. The second-order valence-electron chi connectivity index (χ2n) is 5.21. The second-order valence-corrected chi connectivity index (χ2v) is 5.21. The molecule has 0 aromatic heterocycles. The Morgan fingerprint density at radius 3 is 2.43 bits per heavy atom. The van der Waals surface area contributed by atoms with Crippen molar-refractivity contribution in [2.75, 3.05) is 13.7 Å². The molecule has 0 aliphatic rings. The molecule has 0 bridgehead atoms. The molecule has 0 spiro atoms. The molecular formula is C18H22FNO. The number of nitrogens with one attached hydrogen (secondary N) is 1. The zero-order valence-corrected chi connectivity index (χ0v) is 13.0. The van der Waals surface area contributed by atoms with Crippen molar-refractivity contribution in [2.45, 2.75) is 26.8 Å². The van der Waals surface area contributed by atoms with Gasteiger partial charge in [0, 0.05) is 0 Å². The summed E-state index contributed by atoms with van der Waals surface area (Å²) in [5.41, 5.74) is 4.33. The number of ether oxygens (including phenoxy) is 1. The third-order valence-electron chi connectivity index (χ3n) is 3.75. The maximum atomic E-state index is 13.6. The van der Waals surface area contributed by atoms with E-state index in [2.05, 4.69) is 19.2 Å². The molecule has 112 valence electrons. The van der Waals surface area contributed by atoms with E-state index in [0.717, 1.165) is 34.5 Å². The van der Waals surface area contributed by atoms with Gasteiger partial charge in [-0.1, -0.05) is 19.1 Å². The van der Waals surface area contributed by atoms with Crippen molar-refractivity contribution in [3.8, 4) is 5.75 Å². The van der Waals surface area contributed by atoms with Crippen molar-refractivity contribution in [2.24, 2.45) is 0 Å². The summed E-state index contributed by atoms with van der Waals surface area (Å²) in [7, 11) is 1.66. The zero-order chi connectivity index (χ0) is 15.4. The Kier molecular flexibility index (Phi) is 4.97. The van der Waals surface area contributed by atoms with E-state index in [1.54, 1.807) is 13.2 Å². The fourth-order valence-electron chi connectivity index (χ4n) is 2.61. The van der Waals surface area contributed by atoms with E-state index in [4.69, 9.17) is 4.74 Å². The number of benzene rings is 2. The molecule has 0 amide bonds. The Morgan fingerprint density at radius 2 is 1.81 bits per heavy atom. The molecule has 3 heteroatoms. The molecule has 1 N–H and O–H groups in total. The number of halogens is 1. The van der Waals surface area contributed by atoms with Crippen molar-refractivity contribution in [1.82, 2.24) is 5.32 Å². The molecule has 2 aromatic carbocycles. The van der Waals surface area contributed by atoms with E-state index in [9.17, 15) is 4.39 Å². The predicted molar refractivity (Wildman–Crippen MR) is 84.4 cm³/mol. The molecule has 1 atom stereocenters. The molecule has 2 aromatic rings. The molecule has 1 unspecified atom stereocenters. The monoisotopic (exact) mass is 287 g/mol. The summed E-state index contributed by atoms with van der Waals surface area (Å²) in [5, 5.41) is 3.45. The van der Waals surface area contributed by atoms with Gasteiger partial charge >= 0.3 is 0 Å². The summed E-state index contributed by atoms with van der Waals surface area (Å²) >= 11 is 0. The molecule has 0 saturated heterocycles. The molecule has 21 heavy (non-hydrogen) atoms. The first kappa shape index (κ1) is 15.5. The Morgan fingerprint density at radius 1 is 1.05 bits per heavy atom. The fourth-order valence-corrected chi connectivity index (χ4v) is 2.61. The van der Waals surface area contributed by atoms with Crippen LogP contribution in [-0.4, -0.2) is 13.7 Å². The predicted octanol–water partition coefficient (Wildman–Crippen LogP) is 4.15. The maximum Gasteiger partial charge on any atom is 0.123 e. The zero-order valence-electron chi connectivity index (χ0n) is 13.0. The van der Waals surface area contributed by atoms with Crippen LogP contribution in [0, 0.1) is 19.7 Å². The van der Waals surface area contributed by atoms with Crippen molar-refractivity contribution < 1.29 is 9.13 Å². The van der Waals surface area contributed by atoms with Gasteiger partial charge in [-0.25, -0.2) is 4.39 Å². The van der Waals surface area contributed by atoms with E-state index >= 15 is 0 Å². The minimum Gasteiger partial charge on any atom is -0.497 e. The van der Waals surface area contributed by atoms with E-state index in [-0.39, 0.29) is 11.9 Å². The van der Waals surface area contributed by atoms with E-state index in [1.807, 2.05) is 31.2 Å². The van der Waals surface area contributed by atoms with Gasteiger partial charge in [-0.15, -0.1) is 0 Å². The lowest BCUT2D eigenvalue weighted by Gasteiger charge is -2.23. The molecule has 0 heterocycles. The Labute approximate surface area is 126 Å². The lowest BCUT2D eigenvalue weighted by Crippen LogP contribution is -2.23. The molecule has 0 saturated carbocycles. The number of hydrogen-bond donors (Lipinski definition) is 1. The number of aryl methyl sites for hydroxylation is 2. The van der Waals surface area contributed by atoms with Gasteiger partial charge in [0.15, 0.2) is 0 Å². The first-order chi connectivity index (χ1) is 10.1. The van der Waals surface area contributed by atoms with Crippen molar-refractivity contribution in [3.05, 3.63) is 64.5 Å². The molecule has 2 rings (SSSR count). The third kappa shape index (κ3) is 3.42. The molecule has 2 nitrogen and oxygen atoms in total. The van der Waals surface area contributed by atoms with Gasteiger partial charge < -0.3 is 10.1 Å². The first-order valence-corrected chi connectivity index (χ1v) is 7.20. The van der Waals surface area contributed by atoms with Crippen LogP contribution in [0.5, 0.6) is 5.75 Å². The third-order valence-corrected chi connectivity index (χ3v) is 3.75. The standard InChI is InChI=1S/C18H22FNO/c1-5-20-18(17-11-14(19)7-6-12(17)2)16-9-8-15(21-4)10-13(16)3/h6-11,18,20H,5H2,1-4H3. The van der Waals surface area contributed by atoms with E-state index in [0.29, 0.717) is 0 Å². The summed E-state index contributed by atoms with van der Waals surface area (Å²) in [6.07, 6.45) is 0. The van der Waals surface area contributed by atoms with Gasteiger partial charge in [0.05, 0.1) is 13.2 Å². The SMILES string of the molecule is CCNC(c1ccc(OC)cc1C)c1cc(F)ccc1C. The van der Waals surface area contributed by atoms with Gasteiger partial charge in [-0.05, 0) is 66.9 Å². The highest BCUT2D eigenvalue weighted by Crippen LogP contribution is 2.29. The fraction of sp³-hybridized carbons (Fsp3) is 0.333. The highest BCUT2D eigenvalue weighted by atomic mass is 19.1. The van der Waals surface area contributed by atoms with E-state index in [1.165, 1.54) is 6.07 Å². The van der Waals surface area contributed by atoms with Crippen LogP contribution in [0.1, 0.15) is 35.2 Å². The van der Waals surface area contributed by atoms with Crippen molar-refractivity contribution in [1.29, 1.82) is 0 Å². The topological polar surface area (TPSA) is 21.3 Å². The van der Waals surface area contributed by atoms with Crippen LogP contribution in [0.15, 0.2) is 36.4 Å². The molecule has 0 fully saturated rings. The number of hydrogen-bond acceptors (Lipinski definition) is 2. The van der Waals surface area contributed by atoms with Crippen LogP contribution < -0.4 is 10.1 Å². The van der Waals surface area contributed by atoms with Crippen LogP contribution in [-0.2, 0) is 0 Å². The first-order valence-electron chi connectivity index (χ1n) is 7.20. The van der Waals surface area contributed by atoms with Crippen LogP contribution >= 0.6 is 0 Å². The van der Waals surface area contributed by atoms with Crippen molar-refractivity contribution >= 4 is 0 Å². The molecular weight excluding hydrogens is 265 g/mol. The van der Waals surface area contributed by atoms with Crippen LogP contribution in [0.25, 0.3) is 0 Å². The number of methoxy groups -OCH3 is 1. The van der Waals surface area contributed by atoms with E-state index < -0.39 is 0 Å². The van der Waals surface area contributed by atoms with Gasteiger partial charge in [-0.2, -0.15) is 0 Å².